The van der Waals surface area contributed by atoms with Crippen LogP contribution in [0.15, 0.2) is 36.4 Å². The van der Waals surface area contributed by atoms with Crippen molar-refractivity contribution in [2.75, 3.05) is 7.11 Å². The van der Waals surface area contributed by atoms with Crippen molar-refractivity contribution >= 4 is 35.1 Å². The predicted octanol–water partition coefficient (Wildman–Crippen LogP) is 3.92. The van der Waals surface area contributed by atoms with Crippen molar-refractivity contribution in [1.82, 2.24) is 0 Å². The highest BCUT2D eigenvalue weighted by Crippen LogP contribution is 2.29. The normalized spacial score (nSPS) is 10.1. The Balaban J connectivity index is 2.27. The van der Waals surface area contributed by atoms with Crippen LogP contribution in [-0.4, -0.2) is 24.2 Å². The number of hydrogen-bond donors (Lipinski definition) is 1. The van der Waals surface area contributed by atoms with Gasteiger partial charge in [0.2, 0.25) is 0 Å². The second-order valence-corrected chi connectivity index (χ2v) is 5.00. The van der Waals surface area contributed by atoms with E-state index in [9.17, 15) is 9.59 Å². The Morgan fingerprint density at radius 2 is 1.64 bits per heavy atom. The number of esters is 1. The van der Waals surface area contributed by atoms with E-state index in [1.807, 2.05) is 0 Å². The van der Waals surface area contributed by atoms with Crippen LogP contribution in [0.4, 0.5) is 0 Å². The molecule has 0 fully saturated rings. The molecule has 0 amide bonds. The first-order chi connectivity index (χ1) is 10.4. The molecule has 0 bridgehead atoms. The van der Waals surface area contributed by atoms with Gasteiger partial charge in [-0.15, -0.1) is 0 Å². The fraction of sp³-hybridized carbons (Fsp3) is 0.0667. The van der Waals surface area contributed by atoms with Crippen LogP contribution in [0.1, 0.15) is 20.7 Å². The van der Waals surface area contributed by atoms with E-state index in [0.29, 0.717) is 5.02 Å². The maximum atomic E-state index is 12.1. The Labute approximate surface area is 136 Å². The van der Waals surface area contributed by atoms with Crippen molar-refractivity contribution in [2.24, 2.45) is 0 Å². The number of carbonyl (C=O) groups is 2. The first-order valence-corrected chi connectivity index (χ1v) is 6.76. The highest BCUT2D eigenvalue weighted by Gasteiger charge is 2.15. The average Bonchev–Trinajstić information content (AvgIpc) is 2.50. The molecule has 2 aromatic rings. The third kappa shape index (κ3) is 3.50. The number of methoxy groups -OCH3 is 1. The van der Waals surface area contributed by atoms with E-state index in [0.717, 1.165) is 0 Å². The van der Waals surface area contributed by atoms with E-state index in [1.165, 1.54) is 43.5 Å². The van der Waals surface area contributed by atoms with Crippen LogP contribution in [-0.2, 0) is 0 Å². The molecule has 0 spiro atoms. The van der Waals surface area contributed by atoms with Gasteiger partial charge in [-0.3, -0.25) is 0 Å². The molecule has 0 radical (unpaired) electrons. The van der Waals surface area contributed by atoms with Crippen molar-refractivity contribution in [3.05, 3.63) is 57.6 Å². The molecular formula is C15H10Cl2O5. The Morgan fingerprint density at radius 3 is 2.23 bits per heavy atom. The van der Waals surface area contributed by atoms with Gasteiger partial charge in [0.25, 0.3) is 0 Å². The molecule has 22 heavy (non-hydrogen) atoms. The van der Waals surface area contributed by atoms with Crippen LogP contribution in [0.2, 0.25) is 10.0 Å². The van der Waals surface area contributed by atoms with Crippen molar-refractivity contribution in [2.45, 2.75) is 0 Å². The van der Waals surface area contributed by atoms with E-state index in [1.54, 1.807) is 0 Å². The lowest BCUT2D eigenvalue weighted by Gasteiger charge is -2.10. The topological polar surface area (TPSA) is 72.8 Å². The molecule has 2 rings (SSSR count). The third-order valence-corrected chi connectivity index (χ3v) is 3.51. The van der Waals surface area contributed by atoms with Crippen molar-refractivity contribution < 1.29 is 24.2 Å². The summed E-state index contributed by atoms with van der Waals surface area (Å²) in [5.74, 6) is -1.54. The van der Waals surface area contributed by atoms with Crippen LogP contribution >= 0.6 is 23.2 Å². The summed E-state index contributed by atoms with van der Waals surface area (Å²) in [4.78, 5) is 23.0. The zero-order valence-corrected chi connectivity index (χ0v) is 12.8. The number of carboxylic acid groups (broad SMARTS) is 1. The van der Waals surface area contributed by atoms with Crippen LogP contribution in [0.3, 0.4) is 0 Å². The zero-order chi connectivity index (χ0) is 16.3. The number of halogens is 2. The van der Waals surface area contributed by atoms with Gasteiger partial charge in [0.05, 0.1) is 28.3 Å². The van der Waals surface area contributed by atoms with E-state index in [2.05, 4.69) is 0 Å². The summed E-state index contributed by atoms with van der Waals surface area (Å²) in [7, 11) is 1.34. The second kappa shape index (κ2) is 6.68. The highest BCUT2D eigenvalue weighted by molar-refractivity contribution is 6.42. The minimum absolute atomic E-state index is 0.0196. The monoisotopic (exact) mass is 340 g/mol. The summed E-state index contributed by atoms with van der Waals surface area (Å²) in [5.41, 5.74) is 0.227. The first kappa shape index (κ1) is 16.1. The summed E-state index contributed by atoms with van der Waals surface area (Å²) in [6, 6.07) is 8.24. The SMILES string of the molecule is COc1cc(C(=O)O)ccc1OC(=O)c1ccc(Cl)c(Cl)c1. The maximum Gasteiger partial charge on any atom is 0.343 e. The lowest BCUT2D eigenvalue weighted by atomic mass is 10.2. The van der Waals surface area contributed by atoms with Gasteiger partial charge in [-0.25, -0.2) is 9.59 Å². The summed E-state index contributed by atoms with van der Waals surface area (Å²) in [5, 5.41) is 9.47. The van der Waals surface area contributed by atoms with Gasteiger partial charge in [0.15, 0.2) is 11.5 Å². The molecule has 0 aromatic heterocycles. The maximum absolute atomic E-state index is 12.1. The molecule has 0 aliphatic rings. The summed E-state index contributed by atoms with van der Waals surface area (Å²) in [6.07, 6.45) is 0. The van der Waals surface area contributed by atoms with Crippen molar-refractivity contribution in [3.8, 4) is 11.5 Å². The highest BCUT2D eigenvalue weighted by atomic mass is 35.5. The Morgan fingerprint density at radius 1 is 0.955 bits per heavy atom. The number of rotatable bonds is 4. The first-order valence-electron chi connectivity index (χ1n) is 6.01. The van der Waals surface area contributed by atoms with Crippen LogP contribution in [0.25, 0.3) is 0 Å². The largest absolute Gasteiger partial charge is 0.493 e. The Bertz CT molecular complexity index is 743. The van der Waals surface area contributed by atoms with Gasteiger partial charge in [0, 0.05) is 0 Å². The quantitative estimate of drug-likeness (QED) is 0.674. The predicted molar refractivity (Wildman–Crippen MR) is 81.4 cm³/mol. The smallest absolute Gasteiger partial charge is 0.343 e. The van der Waals surface area contributed by atoms with Gasteiger partial charge < -0.3 is 14.6 Å². The van der Waals surface area contributed by atoms with Crippen LogP contribution in [0.5, 0.6) is 11.5 Å². The van der Waals surface area contributed by atoms with E-state index < -0.39 is 11.9 Å². The molecule has 0 saturated carbocycles. The van der Waals surface area contributed by atoms with Gasteiger partial charge in [0.1, 0.15) is 0 Å². The molecule has 1 N–H and O–H groups in total. The molecule has 0 unspecified atom stereocenters. The zero-order valence-electron chi connectivity index (χ0n) is 11.3. The van der Waals surface area contributed by atoms with Gasteiger partial charge in [-0.05, 0) is 36.4 Å². The molecular weight excluding hydrogens is 331 g/mol. The lowest BCUT2D eigenvalue weighted by molar-refractivity contribution is 0.0696. The van der Waals surface area contributed by atoms with E-state index >= 15 is 0 Å². The number of aromatic carboxylic acids is 1. The standard InChI is InChI=1S/C15H10Cl2O5/c1-21-13-7-8(14(18)19)3-5-12(13)22-15(20)9-2-4-10(16)11(17)6-9/h2-7H,1H3,(H,18,19). The average molecular weight is 341 g/mol. The number of hydrogen-bond acceptors (Lipinski definition) is 4. The molecule has 7 heteroatoms. The number of carbonyl (C=O) groups excluding carboxylic acids is 1. The Kier molecular flexibility index (Phi) is 4.90. The number of ether oxygens (including phenoxy) is 2. The molecule has 0 atom stereocenters. The molecule has 2 aromatic carbocycles. The molecule has 0 aliphatic heterocycles. The van der Waals surface area contributed by atoms with Gasteiger partial charge in [-0.1, -0.05) is 23.2 Å². The molecule has 0 saturated heterocycles. The lowest BCUT2D eigenvalue weighted by Crippen LogP contribution is -2.09. The minimum Gasteiger partial charge on any atom is -0.493 e. The van der Waals surface area contributed by atoms with Gasteiger partial charge in [-0.2, -0.15) is 0 Å². The molecule has 0 aliphatic carbocycles. The summed E-state index contributed by atoms with van der Waals surface area (Å²) in [6.45, 7) is 0. The fourth-order valence-corrected chi connectivity index (χ4v) is 1.96. The van der Waals surface area contributed by atoms with Crippen LogP contribution < -0.4 is 9.47 Å². The molecule has 0 heterocycles. The molecule has 114 valence electrons. The summed E-state index contributed by atoms with van der Waals surface area (Å²) >= 11 is 11.6. The van der Waals surface area contributed by atoms with Gasteiger partial charge >= 0.3 is 11.9 Å². The summed E-state index contributed by atoms with van der Waals surface area (Å²) < 4.78 is 10.2. The van der Waals surface area contributed by atoms with Crippen molar-refractivity contribution in [1.29, 1.82) is 0 Å². The molecule has 5 nitrogen and oxygen atoms in total. The second-order valence-electron chi connectivity index (χ2n) is 4.19. The van der Waals surface area contributed by atoms with Crippen molar-refractivity contribution in [3.63, 3.8) is 0 Å². The van der Waals surface area contributed by atoms with E-state index in [4.69, 9.17) is 37.8 Å². The number of carboxylic acids is 1. The Hall–Kier alpha value is -2.24. The third-order valence-electron chi connectivity index (χ3n) is 2.77. The number of benzene rings is 2. The van der Waals surface area contributed by atoms with E-state index in [-0.39, 0.29) is 27.6 Å². The fourth-order valence-electron chi connectivity index (χ4n) is 1.67. The van der Waals surface area contributed by atoms with Crippen LogP contribution in [0, 0.1) is 0 Å². The minimum atomic E-state index is -1.11.